The van der Waals surface area contributed by atoms with Crippen LogP contribution in [0.2, 0.25) is 0 Å². The molecule has 156 valence electrons. The van der Waals surface area contributed by atoms with Gasteiger partial charge in [-0.05, 0) is 43.6 Å². The van der Waals surface area contributed by atoms with Crippen molar-refractivity contribution >= 4 is 23.5 Å². The molecule has 0 N–H and O–H groups in total. The molecule has 5 nitrogen and oxygen atoms in total. The van der Waals surface area contributed by atoms with E-state index >= 15 is 0 Å². The molecule has 0 saturated carbocycles. The highest BCUT2D eigenvalue weighted by molar-refractivity contribution is 7.98. The van der Waals surface area contributed by atoms with Crippen LogP contribution in [0.5, 0.6) is 0 Å². The molecule has 2 aromatic rings. The molecule has 1 aromatic carbocycles. The zero-order valence-electron chi connectivity index (χ0n) is 17.4. The highest BCUT2D eigenvalue weighted by Crippen LogP contribution is 2.37. The molecular weight excluding hydrogens is 389 g/mol. The van der Waals surface area contributed by atoms with Crippen molar-refractivity contribution < 1.29 is 13.9 Å². The van der Waals surface area contributed by atoms with E-state index in [1.165, 1.54) is 24.9 Å². The third-order valence-electron chi connectivity index (χ3n) is 5.19. The summed E-state index contributed by atoms with van der Waals surface area (Å²) in [6.07, 6.45) is 4.77. The summed E-state index contributed by atoms with van der Waals surface area (Å²) in [6.45, 7) is 5.10. The van der Waals surface area contributed by atoms with Crippen LogP contribution < -0.4 is 4.90 Å². The minimum atomic E-state index is -0.286. The molecule has 0 fully saturated rings. The number of thioether (sulfide) groups is 1. The van der Waals surface area contributed by atoms with E-state index in [2.05, 4.69) is 23.7 Å². The summed E-state index contributed by atoms with van der Waals surface area (Å²) in [6, 6.07) is 6.72. The van der Waals surface area contributed by atoms with Gasteiger partial charge in [0, 0.05) is 23.7 Å². The Morgan fingerprint density at radius 3 is 2.72 bits per heavy atom. The van der Waals surface area contributed by atoms with Crippen LogP contribution in [0.4, 0.5) is 10.2 Å². The van der Waals surface area contributed by atoms with Crippen LogP contribution in [-0.2, 0) is 16.0 Å². The van der Waals surface area contributed by atoms with Gasteiger partial charge in [0.15, 0.2) is 5.16 Å². The maximum Gasteiger partial charge on any atom is 0.307 e. The number of carbonyl (C=O) groups is 1. The molecule has 2 heterocycles. The molecule has 0 saturated heterocycles. The van der Waals surface area contributed by atoms with Gasteiger partial charge in [-0.3, -0.25) is 4.79 Å². The van der Waals surface area contributed by atoms with Gasteiger partial charge in [0.2, 0.25) is 0 Å². The van der Waals surface area contributed by atoms with Crippen LogP contribution in [-0.4, -0.2) is 41.9 Å². The van der Waals surface area contributed by atoms with Gasteiger partial charge >= 0.3 is 5.97 Å². The molecule has 29 heavy (non-hydrogen) atoms. The number of methoxy groups -OCH3 is 1. The van der Waals surface area contributed by atoms with E-state index in [1.807, 2.05) is 12.3 Å². The number of esters is 1. The number of aromatic nitrogens is 2. The molecule has 0 amide bonds. The van der Waals surface area contributed by atoms with Crippen LogP contribution in [0.3, 0.4) is 0 Å². The van der Waals surface area contributed by atoms with Gasteiger partial charge < -0.3 is 9.64 Å². The van der Waals surface area contributed by atoms with Crippen LogP contribution in [0.1, 0.15) is 38.7 Å². The number of benzene rings is 1. The smallest absolute Gasteiger partial charge is 0.307 e. The van der Waals surface area contributed by atoms with E-state index in [0.29, 0.717) is 28.8 Å². The van der Waals surface area contributed by atoms with E-state index in [4.69, 9.17) is 9.72 Å². The fourth-order valence-corrected chi connectivity index (χ4v) is 4.28. The lowest BCUT2D eigenvalue weighted by molar-refractivity contribution is -0.141. The Morgan fingerprint density at radius 1 is 1.31 bits per heavy atom. The molecule has 1 atom stereocenters. The monoisotopic (exact) mass is 417 g/mol. The van der Waals surface area contributed by atoms with Crippen molar-refractivity contribution in [3.63, 3.8) is 0 Å². The number of hydrogen-bond donors (Lipinski definition) is 0. The number of hydrogen-bond acceptors (Lipinski definition) is 6. The first-order chi connectivity index (χ1) is 13.9. The first-order valence-electron chi connectivity index (χ1n) is 9.97. The fraction of sp³-hybridized carbons (Fsp3) is 0.500. The van der Waals surface area contributed by atoms with Gasteiger partial charge in [-0.2, -0.15) is 0 Å². The highest BCUT2D eigenvalue weighted by Gasteiger charge is 2.31. The van der Waals surface area contributed by atoms with E-state index in [9.17, 15) is 9.18 Å². The van der Waals surface area contributed by atoms with Crippen molar-refractivity contribution in [3.8, 4) is 11.3 Å². The maximum absolute atomic E-state index is 14.6. The topological polar surface area (TPSA) is 55.3 Å². The maximum atomic E-state index is 14.6. The SMILES string of the molecule is COC(=O)CC(CC(C)C)N1CCCc2c(-c3ccccc3F)nc(SC)nc21. The number of ether oxygens (including phenoxy) is 1. The van der Waals surface area contributed by atoms with E-state index in [1.54, 1.807) is 12.1 Å². The molecular formula is C22H28FN3O2S. The predicted molar refractivity (Wildman–Crippen MR) is 115 cm³/mol. The first kappa shape index (κ1) is 21.6. The van der Waals surface area contributed by atoms with Crippen molar-refractivity contribution in [2.45, 2.75) is 50.7 Å². The van der Waals surface area contributed by atoms with Gasteiger partial charge in [-0.25, -0.2) is 14.4 Å². The van der Waals surface area contributed by atoms with Crippen LogP contribution >= 0.6 is 11.8 Å². The fourth-order valence-electron chi connectivity index (χ4n) is 3.92. The largest absolute Gasteiger partial charge is 0.469 e. The van der Waals surface area contributed by atoms with E-state index < -0.39 is 0 Å². The molecule has 0 bridgehead atoms. The average Bonchev–Trinajstić information content (AvgIpc) is 2.72. The Morgan fingerprint density at radius 2 is 2.07 bits per heavy atom. The Labute approximate surface area is 176 Å². The third kappa shape index (κ3) is 4.89. The zero-order chi connectivity index (χ0) is 21.0. The Bertz CT molecular complexity index is 875. The van der Waals surface area contributed by atoms with Gasteiger partial charge in [-0.15, -0.1) is 0 Å². The molecule has 1 aliphatic heterocycles. The summed E-state index contributed by atoms with van der Waals surface area (Å²) in [7, 11) is 1.42. The summed E-state index contributed by atoms with van der Waals surface area (Å²) in [4.78, 5) is 23.7. The summed E-state index contributed by atoms with van der Waals surface area (Å²) in [5, 5.41) is 0.607. The number of halogens is 1. The minimum absolute atomic E-state index is 0.0143. The minimum Gasteiger partial charge on any atom is -0.469 e. The molecule has 1 aliphatic rings. The molecule has 0 radical (unpaired) electrons. The number of anilines is 1. The summed E-state index contributed by atoms with van der Waals surface area (Å²) in [5.74, 6) is 0.730. The second-order valence-electron chi connectivity index (χ2n) is 7.70. The van der Waals surface area contributed by atoms with Crippen molar-refractivity contribution in [1.29, 1.82) is 0 Å². The number of nitrogens with zero attached hydrogens (tertiary/aromatic N) is 3. The Hall–Kier alpha value is -2.15. The highest BCUT2D eigenvalue weighted by atomic mass is 32.2. The second-order valence-corrected chi connectivity index (χ2v) is 8.47. The van der Waals surface area contributed by atoms with Gasteiger partial charge in [-0.1, -0.05) is 37.7 Å². The zero-order valence-corrected chi connectivity index (χ0v) is 18.3. The quantitative estimate of drug-likeness (QED) is 0.369. The molecule has 1 unspecified atom stereocenters. The summed E-state index contributed by atoms with van der Waals surface area (Å²) < 4.78 is 19.5. The predicted octanol–water partition coefficient (Wildman–Crippen LogP) is 4.74. The number of fused-ring (bicyclic) bond motifs is 1. The Balaban J connectivity index is 2.11. The van der Waals surface area contributed by atoms with Crippen LogP contribution in [0.25, 0.3) is 11.3 Å². The summed E-state index contributed by atoms with van der Waals surface area (Å²) >= 11 is 1.44. The number of carbonyl (C=O) groups excluding carboxylic acids is 1. The molecule has 7 heteroatoms. The van der Waals surface area contributed by atoms with Crippen molar-refractivity contribution in [2.24, 2.45) is 5.92 Å². The number of rotatable bonds is 7. The van der Waals surface area contributed by atoms with E-state index in [0.717, 1.165) is 37.2 Å². The van der Waals surface area contributed by atoms with Gasteiger partial charge in [0.1, 0.15) is 11.6 Å². The molecule has 1 aromatic heterocycles. The van der Waals surface area contributed by atoms with Crippen molar-refractivity contribution in [2.75, 3.05) is 24.8 Å². The second kappa shape index (κ2) is 9.57. The third-order valence-corrected chi connectivity index (χ3v) is 5.74. The lowest BCUT2D eigenvalue weighted by Crippen LogP contribution is -2.42. The van der Waals surface area contributed by atoms with E-state index in [-0.39, 0.29) is 17.8 Å². The first-order valence-corrected chi connectivity index (χ1v) is 11.2. The van der Waals surface area contributed by atoms with Crippen LogP contribution in [0.15, 0.2) is 29.4 Å². The molecule has 3 rings (SSSR count). The standard InChI is InChI=1S/C22H28FN3O2S/c1-14(2)12-15(13-19(27)28-3)26-11-7-9-17-20(16-8-5-6-10-18(16)23)24-22(29-4)25-21(17)26/h5-6,8,10,14-15H,7,9,11-13H2,1-4H3. The van der Waals surface area contributed by atoms with Crippen molar-refractivity contribution in [1.82, 2.24) is 9.97 Å². The molecule has 0 spiro atoms. The lowest BCUT2D eigenvalue weighted by Gasteiger charge is -2.38. The van der Waals surface area contributed by atoms with Gasteiger partial charge in [0.05, 0.1) is 19.2 Å². The Kier molecular flexibility index (Phi) is 7.11. The lowest BCUT2D eigenvalue weighted by atomic mass is 9.94. The van der Waals surface area contributed by atoms with Crippen LogP contribution in [0, 0.1) is 11.7 Å². The van der Waals surface area contributed by atoms with Gasteiger partial charge in [0.25, 0.3) is 0 Å². The molecule has 0 aliphatic carbocycles. The summed E-state index contributed by atoms with van der Waals surface area (Å²) in [5.41, 5.74) is 2.11. The van der Waals surface area contributed by atoms with Crippen molar-refractivity contribution in [3.05, 3.63) is 35.6 Å². The normalized spacial score (nSPS) is 14.6. The average molecular weight is 418 g/mol.